The summed E-state index contributed by atoms with van der Waals surface area (Å²) in [6, 6.07) is 10.4. The van der Waals surface area contributed by atoms with Crippen LogP contribution in [0.3, 0.4) is 0 Å². The monoisotopic (exact) mass is 329 g/mol. The number of hydrogen-bond donors (Lipinski definition) is 0. The van der Waals surface area contributed by atoms with Gasteiger partial charge in [-0.15, -0.1) is 0 Å². The maximum absolute atomic E-state index is 4.60. The number of hydrogen-bond acceptors (Lipinski definition) is 3. The highest BCUT2D eigenvalue weighted by atomic mass is 15.1. The highest BCUT2D eigenvalue weighted by Gasteiger charge is 2.10. The zero-order valence-corrected chi connectivity index (χ0v) is 14.6. The van der Waals surface area contributed by atoms with Crippen LogP contribution < -0.4 is 0 Å². The number of aromatic nitrogens is 1. The summed E-state index contributed by atoms with van der Waals surface area (Å²) in [5.74, 6) is 0. The molecule has 126 valence electrons. The lowest BCUT2D eigenvalue weighted by Gasteiger charge is -2.18. The van der Waals surface area contributed by atoms with Gasteiger partial charge in [0, 0.05) is 30.9 Å². The molecule has 1 aliphatic heterocycles. The Labute approximate surface area is 149 Å². The standard InChI is InChI=1S/C22H23N3/c1-18-10-6-4-3-5-9-14-23-21(18)16-25(2)17-22-20-12-8-7-11-19(20)13-15-24-22/h3-4,6-15H,1,5,16-17H2,2H3. The van der Waals surface area contributed by atoms with E-state index in [1.807, 2.05) is 30.6 Å². The first-order valence-electron chi connectivity index (χ1n) is 8.49. The van der Waals surface area contributed by atoms with Crippen LogP contribution in [-0.2, 0) is 6.54 Å². The molecule has 2 aromatic rings. The lowest BCUT2D eigenvalue weighted by Crippen LogP contribution is -2.26. The largest absolute Gasteiger partial charge is 0.295 e. The van der Waals surface area contributed by atoms with Crippen LogP contribution in [0.25, 0.3) is 10.8 Å². The molecule has 0 aliphatic carbocycles. The minimum atomic E-state index is 0.724. The minimum Gasteiger partial charge on any atom is -0.295 e. The van der Waals surface area contributed by atoms with E-state index in [0.29, 0.717) is 0 Å². The van der Waals surface area contributed by atoms with Gasteiger partial charge in [-0.05, 0) is 30.5 Å². The molecule has 0 saturated carbocycles. The highest BCUT2D eigenvalue weighted by Crippen LogP contribution is 2.17. The number of nitrogens with zero attached hydrogens (tertiary/aromatic N) is 3. The number of pyridine rings is 1. The maximum atomic E-state index is 4.60. The second-order valence-corrected chi connectivity index (χ2v) is 6.16. The molecular weight excluding hydrogens is 306 g/mol. The first-order valence-corrected chi connectivity index (χ1v) is 8.49. The van der Waals surface area contributed by atoms with Crippen molar-refractivity contribution in [1.29, 1.82) is 0 Å². The van der Waals surface area contributed by atoms with E-state index in [4.69, 9.17) is 0 Å². The van der Waals surface area contributed by atoms with Gasteiger partial charge in [0.15, 0.2) is 0 Å². The second kappa shape index (κ2) is 8.36. The van der Waals surface area contributed by atoms with Crippen LogP contribution in [-0.4, -0.2) is 29.2 Å². The van der Waals surface area contributed by atoms with E-state index in [2.05, 4.69) is 71.0 Å². The molecule has 0 unspecified atom stereocenters. The molecule has 1 aromatic carbocycles. The predicted molar refractivity (Wildman–Crippen MR) is 107 cm³/mol. The summed E-state index contributed by atoms with van der Waals surface area (Å²) in [6.07, 6.45) is 14.9. The van der Waals surface area contributed by atoms with Crippen molar-refractivity contribution in [1.82, 2.24) is 9.88 Å². The van der Waals surface area contributed by atoms with Crippen LogP contribution in [0.15, 0.2) is 90.3 Å². The molecule has 0 bridgehead atoms. The van der Waals surface area contributed by atoms with E-state index in [1.165, 1.54) is 10.8 Å². The van der Waals surface area contributed by atoms with Crippen molar-refractivity contribution in [3.05, 3.63) is 91.0 Å². The first kappa shape index (κ1) is 17.1. The van der Waals surface area contributed by atoms with Gasteiger partial charge in [0.05, 0.1) is 11.4 Å². The fourth-order valence-corrected chi connectivity index (χ4v) is 2.81. The second-order valence-electron chi connectivity index (χ2n) is 6.16. The Kier molecular flexibility index (Phi) is 5.70. The van der Waals surface area contributed by atoms with Gasteiger partial charge >= 0.3 is 0 Å². The van der Waals surface area contributed by atoms with Crippen LogP contribution in [0.1, 0.15) is 12.1 Å². The summed E-state index contributed by atoms with van der Waals surface area (Å²) >= 11 is 0. The smallest absolute Gasteiger partial charge is 0.0622 e. The fourth-order valence-electron chi connectivity index (χ4n) is 2.81. The van der Waals surface area contributed by atoms with Gasteiger partial charge in [-0.3, -0.25) is 14.9 Å². The number of aliphatic imine (C=N–C) groups is 1. The first-order chi connectivity index (χ1) is 12.2. The van der Waals surface area contributed by atoms with Crippen LogP contribution in [0.4, 0.5) is 0 Å². The molecule has 3 nitrogen and oxygen atoms in total. The van der Waals surface area contributed by atoms with E-state index in [1.54, 1.807) is 0 Å². The number of rotatable bonds is 4. The third-order valence-electron chi connectivity index (χ3n) is 4.12. The zero-order valence-electron chi connectivity index (χ0n) is 14.6. The Morgan fingerprint density at radius 1 is 1.08 bits per heavy atom. The van der Waals surface area contributed by atoms with Gasteiger partial charge in [-0.2, -0.15) is 0 Å². The zero-order chi connectivity index (χ0) is 17.5. The van der Waals surface area contributed by atoms with Crippen LogP contribution in [0, 0.1) is 0 Å². The summed E-state index contributed by atoms with van der Waals surface area (Å²) in [4.78, 5) is 11.4. The Morgan fingerprint density at radius 3 is 2.88 bits per heavy atom. The molecule has 0 spiro atoms. The summed E-state index contributed by atoms with van der Waals surface area (Å²) in [7, 11) is 2.09. The molecule has 0 amide bonds. The van der Waals surface area contributed by atoms with E-state index >= 15 is 0 Å². The molecule has 0 fully saturated rings. The fraction of sp³-hybridized carbons (Fsp3) is 0.182. The molecule has 25 heavy (non-hydrogen) atoms. The summed E-state index contributed by atoms with van der Waals surface area (Å²) in [5, 5.41) is 2.42. The highest BCUT2D eigenvalue weighted by molar-refractivity contribution is 6.03. The van der Waals surface area contributed by atoms with Gasteiger partial charge < -0.3 is 0 Å². The molecular formula is C22H23N3. The molecule has 0 N–H and O–H groups in total. The lowest BCUT2D eigenvalue weighted by molar-refractivity contribution is 0.371. The lowest BCUT2D eigenvalue weighted by atomic mass is 10.1. The van der Waals surface area contributed by atoms with Gasteiger partial charge in [0.2, 0.25) is 0 Å². The molecule has 0 atom stereocenters. The average Bonchev–Trinajstić information content (AvgIpc) is 2.63. The molecule has 0 saturated heterocycles. The summed E-state index contributed by atoms with van der Waals surface area (Å²) < 4.78 is 0. The van der Waals surface area contributed by atoms with Crippen LogP contribution in [0.5, 0.6) is 0 Å². The Morgan fingerprint density at radius 2 is 1.96 bits per heavy atom. The van der Waals surface area contributed by atoms with Gasteiger partial charge in [-0.1, -0.05) is 61.2 Å². The van der Waals surface area contributed by atoms with Crippen molar-refractivity contribution in [2.75, 3.05) is 13.6 Å². The Hall–Kier alpha value is -2.78. The third kappa shape index (κ3) is 4.61. The topological polar surface area (TPSA) is 28.5 Å². The quantitative estimate of drug-likeness (QED) is 0.814. The van der Waals surface area contributed by atoms with Crippen LogP contribution >= 0.6 is 0 Å². The van der Waals surface area contributed by atoms with E-state index in [9.17, 15) is 0 Å². The Balaban J connectivity index is 1.76. The molecule has 3 rings (SSSR count). The number of fused-ring (bicyclic) bond motifs is 1. The average molecular weight is 329 g/mol. The predicted octanol–water partition coefficient (Wildman–Crippen LogP) is 4.69. The van der Waals surface area contributed by atoms with E-state index in [0.717, 1.165) is 36.5 Å². The van der Waals surface area contributed by atoms with Crippen molar-refractivity contribution in [3.8, 4) is 0 Å². The SMILES string of the molecule is C=C1C=CC=CCC=CN=C1CN(C)Cc1nccc2ccccc12. The van der Waals surface area contributed by atoms with Gasteiger partial charge in [0.25, 0.3) is 0 Å². The number of benzene rings is 1. The van der Waals surface area contributed by atoms with E-state index < -0.39 is 0 Å². The molecule has 3 heteroatoms. The normalized spacial score (nSPS) is 15.0. The van der Waals surface area contributed by atoms with E-state index in [-0.39, 0.29) is 0 Å². The molecule has 2 heterocycles. The van der Waals surface area contributed by atoms with Crippen molar-refractivity contribution in [2.45, 2.75) is 13.0 Å². The summed E-state index contributed by atoms with van der Waals surface area (Å²) in [6.45, 7) is 5.64. The maximum Gasteiger partial charge on any atom is 0.0622 e. The van der Waals surface area contributed by atoms with Gasteiger partial charge in [0.1, 0.15) is 0 Å². The molecule has 0 radical (unpaired) electrons. The van der Waals surface area contributed by atoms with Crippen molar-refractivity contribution < 1.29 is 0 Å². The summed E-state index contributed by atoms with van der Waals surface area (Å²) in [5.41, 5.74) is 3.00. The molecule has 1 aromatic heterocycles. The third-order valence-corrected chi connectivity index (χ3v) is 4.12. The van der Waals surface area contributed by atoms with Crippen molar-refractivity contribution in [3.63, 3.8) is 0 Å². The van der Waals surface area contributed by atoms with Gasteiger partial charge in [-0.25, -0.2) is 0 Å². The van der Waals surface area contributed by atoms with Crippen LogP contribution in [0.2, 0.25) is 0 Å². The van der Waals surface area contributed by atoms with Crippen molar-refractivity contribution in [2.24, 2.45) is 4.99 Å². The number of allylic oxidation sites excluding steroid dienone is 5. The Bertz CT molecular complexity index is 866. The minimum absolute atomic E-state index is 0.724. The molecule has 1 aliphatic rings. The van der Waals surface area contributed by atoms with Crippen molar-refractivity contribution >= 4 is 16.5 Å².